The van der Waals surface area contributed by atoms with Crippen LogP contribution in [0.4, 0.5) is 13.2 Å². The first kappa shape index (κ1) is 18.6. The van der Waals surface area contributed by atoms with E-state index >= 15 is 0 Å². The van der Waals surface area contributed by atoms with E-state index in [-0.39, 0.29) is 5.69 Å². The highest BCUT2D eigenvalue weighted by Gasteiger charge is 2.33. The molecule has 2 rings (SSSR count). The summed E-state index contributed by atoms with van der Waals surface area (Å²) in [4.78, 5) is 11.0. The number of aryl methyl sites for hydroxylation is 1. The Morgan fingerprint density at radius 3 is 2.48 bits per heavy atom. The fourth-order valence-corrected chi connectivity index (χ4v) is 2.72. The minimum Gasteiger partial charge on any atom is -0.477 e. The van der Waals surface area contributed by atoms with E-state index in [2.05, 4.69) is 0 Å². The molecule has 0 amide bonds. The summed E-state index contributed by atoms with van der Waals surface area (Å²) in [6.07, 6.45) is -3.41. The predicted molar refractivity (Wildman–Crippen MR) is 86.5 cm³/mol. The van der Waals surface area contributed by atoms with Gasteiger partial charge in [-0.05, 0) is 49.8 Å². The van der Waals surface area contributed by atoms with E-state index < -0.39 is 28.3 Å². The van der Waals surface area contributed by atoms with E-state index in [9.17, 15) is 18.0 Å². The Hall–Kier alpha value is -2.72. The average Bonchev–Trinajstić information content (AvgIpc) is 2.78. The minimum atomic E-state index is -4.60. The molecule has 0 saturated heterocycles. The van der Waals surface area contributed by atoms with Gasteiger partial charge in [0.2, 0.25) is 0 Å². The van der Waals surface area contributed by atoms with Crippen molar-refractivity contribution in [3.63, 3.8) is 0 Å². The Morgan fingerprint density at radius 2 is 1.96 bits per heavy atom. The SMILES string of the molecule is Cc1cc(C=C(C#N)C(=O)O)c(C)n1-c1ccc(Cl)c(C(F)(F)F)c1. The maximum atomic E-state index is 13.1. The first-order valence-corrected chi connectivity index (χ1v) is 7.35. The van der Waals surface area contributed by atoms with Crippen LogP contribution in [-0.4, -0.2) is 15.6 Å². The highest BCUT2D eigenvalue weighted by molar-refractivity contribution is 6.31. The number of nitrogens with zero attached hydrogens (tertiary/aromatic N) is 2. The van der Waals surface area contributed by atoms with Gasteiger partial charge in [0.15, 0.2) is 0 Å². The Bertz CT molecular complexity index is 921. The molecule has 25 heavy (non-hydrogen) atoms. The third-order valence-electron chi connectivity index (χ3n) is 3.63. The Balaban J connectivity index is 2.64. The first-order valence-electron chi connectivity index (χ1n) is 6.97. The number of rotatable bonds is 3. The molecule has 1 N–H and O–H groups in total. The molecule has 1 heterocycles. The minimum absolute atomic E-state index is 0.236. The van der Waals surface area contributed by atoms with E-state index in [1.807, 2.05) is 0 Å². The summed E-state index contributed by atoms with van der Waals surface area (Å²) in [5.41, 5.74) is 0.329. The van der Waals surface area contributed by atoms with E-state index in [1.54, 1.807) is 26.0 Å². The number of hydrogen-bond acceptors (Lipinski definition) is 2. The summed E-state index contributed by atoms with van der Waals surface area (Å²) in [6, 6.07) is 6.69. The smallest absolute Gasteiger partial charge is 0.417 e. The Morgan fingerprint density at radius 1 is 1.32 bits per heavy atom. The zero-order chi connectivity index (χ0) is 18.9. The van der Waals surface area contributed by atoms with E-state index in [0.717, 1.165) is 12.1 Å². The molecule has 2 aromatic rings. The highest BCUT2D eigenvalue weighted by Crippen LogP contribution is 2.36. The van der Waals surface area contributed by atoms with Crippen molar-refractivity contribution < 1.29 is 23.1 Å². The second kappa shape index (κ2) is 6.65. The van der Waals surface area contributed by atoms with Crippen molar-refractivity contribution in [1.29, 1.82) is 5.26 Å². The van der Waals surface area contributed by atoms with Crippen LogP contribution in [0, 0.1) is 25.2 Å². The van der Waals surface area contributed by atoms with E-state index in [4.69, 9.17) is 22.0 Å². The molecule has 0 radical (unpaired) electrons. The Labute approximate surface area is 146 Å². The molecule has 0 aliphatic heterocycles. The van der Waals surface area contributed by atoms with Crippen LogP contribution in [0.25, 0.3) is 11.8 Å². The number of carboxylic acid groups (broad SMARTS) is 1. The summed E-state index contributed by atoms with van der Waals surface area (Å²) < 4.78 is 40.7. The third kappa shape index (κ3) is 3.69. The lowest BCUT2D eigenvalue weighted by Crippen LogP contribution is -2.08. The molecule has 0 spiro atoms. The van der Waals surface area contributed by atoms with Gasteiger partial charge in [-0.15, -0.1) is 0 Å². The van der Waals surface area contributed by atoms with Crippen molar-refractivity contribution >= 4 is 23.6 Å². The number of nitriles is 1. The molecule has 0 saturated carbocycles. The molecule has 0 unspecified atom stereocenters. The fourth-order valence-electron chi connectivity index (χ4n) is 2.50. The van der Waals surface area contributed by atoms with Crippen molar-refractivity contribution in [2.45, 2.75) is 20.0 Å². The molecule has 0 aliphatic rings. The molecular formula is C17H12ClF3N2O2. The lowest BCUT2D eigenvalue weighted by atomic mass is 10.1. The molecule has 8 heteroatoms. The fraction of sp³-hybridized carbons (Fsp3) is 0.176. The second-order valence-corrected chi connectivity index (χ2v) is 5.71. The number of aliphatic carboxylic acids is 1. The summed E-state index contributed by atoms with van der Waals surface area (Å²) in [6.45, 7) is 3.29. The normalized spacial score (nSPS) is 12.1. The van der Waals surface area contributed by atoms with Gasteiger partial charge in [-0.25, -0.2) is 4.79 Å². The zero-order valence-corrected chi connectivity index (χ0v) is 13.9. The number of carboxylic acids is 1. The van der Waals surface area contributed by atoms with Crippen molar-refractivity contribution in [3.05, 3.63) is 57.4 Å². The van der Waals surface area contributed by atoms with Crippen LogP contribution >= 0.6 is 11.6 Å². The maximum absolute atomic E-state index is 13.1. The highest BCUT2D eigenvalue weighted by atomic mass is 35.5. The molecule has 4 nitrogen and oxygen atoms in total. The van der Waals surface area contributed by atoms with Gasteiger partial charge in [0, 0.05) is 17.1 Å². The maximum Gasteiger partial charge on any atom is 0.417 e. The van der Waals surface area contributed by atoms with Crippen LogP contribution in [0.15, 0.2) is 29.8 Å². The molecule has 1 aromatic heterocycles. The number of alkyl halides is 3. The van der Waals surface area contributed by atoms with Gasteiger partial charge in [-0.2, -0.15) is 18.4 Å². The van der Waals surface area contributed by atoms with Gasteiger partial charge in [-0.1, -0.05) is 11.6 Å². The van der Waals surface area contributed by atoms with Crippen LogP contribution in [0.3, 0.4) is 0 Å². The Kier molecular flexibility index (Phi) is 4.95. The number of carbonyl (C=O) groups is 1. The number of benzene rings is 1. The van der Waals surface area contributed by atoms with E-state index in [1.165, 1.54) is 16.7 Å². The van der Waals surface area contributed by atoms with Crippen LogP contribution in [-0.2, 0) is 11.0 Å². The monoisotopic (exact) mass is 368 g/mol. The van der Waals surface area contributed by atoms with Crippen molar-refractivity contribution in [2.75, 3.05) is 0 Å². The van der Waals surface area contributed by atoms with Crippen LogP contribution in [0.5, 0.6) is 0 Å². The van der Waals surface area contributed by atoms with E-state index in [0.29, 0.717) is 17.0 Å². The third-order valence-corrected chi connectivity index (χ3v) is 3.96. The van der Waals surface area contributed by atoms with Crippen LogP contribution in [0.2, 0.25) is 5.02 Å². The topological polar surface area (TPSA) is 66.0 Å². The van der Waals surface area contributed by atoms with Gasteiger partial charge in [0.1, 0.15) is 11.6 Å². The van der Waals surface area contributed by atoms with Crippen LogP contribution < -0.4 is 0 Å². The number of halogens is 4. The standard InChI is InChI=1S/C17H12ClF3N2O2/c1-9-5-11(6-12(8-22)16(24)25)10(2)23(9)13-3-4-15(18)14(7-13)17(19,20)21/h3-7H,1-2H3,(H,24,25). The molecular weight excluding hydrogens is 357 g/mol. The quantitative estimate of drug-likeness (QED) is 0.627. The van der Waals surface area contributed by atoms with Gasteiger partial charge >= 0.3 is 12.1 Å². The van der Waals surface area contributed by atoms with Gasteiger partial charge in [0.25, 0.3) is 0 Å². The van der Waals surface area contributed by atoms with Gasteiger partial charge in [0.05, 0.1) is 10.6 Å². The molecule has 0 aliphatic carbocycles. The van der Waals surface area contributed by atoms with Crippen molar-refractivity contribution in [1.82, 2.24) is 4.57 Å². The lowest BCUT2D eigenvalue weighted by molar-refractivity contribution is -0.137. The lowest BCUT2D eigenvalue weighted by Gasteiger charge is -2.14. The van der Waals surface area contributed by atoms with Crippen molar-refractivity contribution in [2.24, 2.45) is 0 Å². The zero-order valence-electron chi connectivity index (χ0n) is 13.1. The van der Waals surface area contributed by atoms with Gasteiger partial charge < -0.3 is 9.67 Å². The summed E-state index contributed by atoms with van der Waals surface area (Å²) in [5.74, 6) is -1.38. The summed E-state index contributed by atoms with van der Waals surface area (Å²) in [5, 5.41) is 17.4. The second-order valence-electron chi connectivity index (χ2n) is 5.30. The molecule has 1 aromatic carbocycles. The number of hydrogen-bond donors (Lipinski definition) is 1. The van der Waals surface area contributed by atoms with Crippen molar-refractivity contribution in [3.8, 4) is 11.8 Å². The predicted octanol–water partition coefficient (Wildman–Crippen LogP) is 4.76. The largest absolute Gasteiger partial charge is 0.477 e. The average molecular weight is 369 g/mol. The molecule has 0 atom stereocenters. The van der Waals surface area contributed by atoms with Crippen LogP contribution in [0.1, 0.15) is 22.5 Å². The molecule has 0 bridgehead atoms. The number of aromatic nitrogens is 1. The van der Waals surface area contributed by atoms with Gasteiger partial charge in [-0.3, -0.25) is 0 Å². The summed E-state index contributed by atoms with van der Waals surface area (Å²) >= 11 is 5.64. The molecule has 0 fully saturated rings. The first-order chi connectivity index (χ1) is 11.6. The molecule has 130 valence electrons. The summed E-state index contributed by atoms with van der Waals surface area (Å²) in [7, 11) is 0.